The molecule has 0 aliphatic heterocycles. The highest BCUT2D eigenvalue weighted by Crippen LogP contribution is 2.37. The summed E-state index contributed by atoms with van der Waals surface area (Å²) < 4.78 is 18.8. The Balaban J connectivity index is 1.82. The SMILES string of the molecule is CC(=O)O[C@H](/C(C)=C/COCc1ccccc1)[C@H](C)CO[Si](c1ccccc1)(c1ccccc1)C(C)(C)C. The molecule has 0 unspecified atom stereocenters. The highest BCUT2D eigenvalue weighted by molar-refractivity contribution is 6.99. The molecule has 0 N–H and O–H groups in total. The first-order valence-corrected chi connectivity index (χ1v) is 15.3. The summed E-state index contributed by atoms with van der Waals surface area (Å²) in [6.07, 6.45) is 1.61. The van der Waals surface area contributed by atoms with Crippen molar-refractivity contribution in [2.24, 2.45) is 5.92 Å². The second-order valence-electron chi connectivity index (χ2n) is 10.9. The molecule has 3 aromatic rings. The predicted octanol–water partition coefficient (Wildman–Crippen LogP) is 6.29. The minimum atomic E-state index is -2.69. The Morgan fingerprint density at radius 2 is 1.34 bits per heavy atom. The summed E-state index contributed by atoms with van der Waals surface area (Å²) >= 11 is 0. The van der Waals surface area contributed by atoms with Gasteiger partial charge in [0.15, 0.2) is 0 Å². The standard InChI is InChI=1S/C33H42O4Si/c1-26(22-23-35-25-29-16-10-7-11-17-29)32(37-28(3)34)27(2)24-36-38(33(4,5)6,30-18-12-8-13-19-30)31-20-14-9-15-21-31/h7-22,27,32H,23-25H2,1-6H3/b26-22+/t27-,32-/m1/s1. The topological polar surface area (TPSA) is 44.8 Å². The van der Waals surface area contributed by atoms with Crippen molar-refractivity contribution in [2.45, 2.75) is 59.3 Å². The third-order valence-electron chi connectivity index (χ3n) is 6.87. The number of esters is 1. The maximum atomic E-state index is 12.1. The summed E-state index contributed by atoms with van der Waals surface area (Å²) in [6, 6.07) is 31.3. The summed E-state index contributed by atoms with van der Waals surface area (Å²) in [4.78, 5) is 12.1. The minimum absolute atomic E-state index is 0.0501. The van der Waals surface area contributed by atoms with Gasteiger partial charge in [-0.3, -0.25) is 4.79 Å². The zero-order valence-corrected chi connectivity index (χ0v) is 24.6. The van der Waals surface area contributed by atoms with Gasteiger partial charge in [0.2, 0.25) is 0 Å². The number of hydrogen-bond donors (Lipinski definition) is 0. The van der Waals surface area contributed by atoms with E-state index in [1.54, 1.807) is 0 Å². The number of hydrogen-bond acceptors (Lipinski definition) is 4. The van der Waals surface area contributed by atoms with E-state index in [-0.39, 0.29) is 16.9 Å². The minimum Gasteiger partial charge on any atom is -0.458 e. The van der Waals surface area contributed by atoms with E-state index in [1.807, 2.05) is 55.5 Å². The zero-order valence-electron chi connectivity index (χ0n) is 23.6. The van der Waals surface area contributed by atoms with Gasteiger partial charge in [0, 0.05) is 19.4 Å². The van der Waals surface area contributed by atoms with Crippen LogP contribution in [-0.4, -0.2) is 33.6 Å². The smallest absolute Gasteiger partial charge is 0.303 e. The van der Waals surface area contributed by atoms with Crippen LogP contribution in [0.1, 0.15) is 47.1 Å². The molecule has 0 aliphatic rings. The molecule has 38 heavy (non-hydrogen) atoms. The molecular formula is C33H42O4Si. The van der Waals surface area contributed by atoms with Crippen molar-refractivity contribution in [2.75, 3.05) is 13.2 Å². The Morgan fingerprint density at radius 1 is 0.842 bits per heavy atom. The molecule has 2 atom stereocenters. The number of benzene rings is 3. The van der Waals surface area contributed by atoms with Crippen molar-refractivity contribution < 1.29 is 18.7 Å². The fraction of sp³-hybridized carbons (Fsp3) is 0.364. The molecule has 0 aliphatic carbocycles. The Bertz CT molecular complexity index is 1110. The lowest BCUT2D eigenvalue weighted by Crippen LogP contribution is -2.67. The summed E-state index contributed by atoms with van der Waals surface area (Å²) in [5.41, 5.74) is 2.09. The normalized spacial score (nSPS) is 14.1. The molecule has 0 aromatic heterocycles. The molecule has 0 amide bonds. The molecule has 0 bridgehead atoms. The largest absolute Gasteiger partial charge is 0.458 e. The van der Waals surface area contributed by atoms with Crippen LogP contribution >= 0.6 is 0 Å². The number of carbonyl (C=O) groups excluding carboxylic acids is 1. The Labute approximate surface area is 229 Å². The van der Waals surface area contributed by atoms with Crippen molar-refractivity contribution in [1.82, 2.24) is 0 Å². The van der Waals surface area contributed by atoms with Crippen LogP contribution in [0.25, 0.3) is 0 Å². The highest BCUT2D eigenvalue weighted by Gasteiger charge is 2.50. The fourth-order valence-electron chi connectivity index (χ4n) is 5.00. The first-order chi connectivity index (χ1) is 18.1. The number of ether oxygens (including phenoxy) is 2. The molecule has 0 radical (unpaired) electrons. The second kappa shape index (κ2) is 13.7. The van der Waals surface area contributed by atoms with Gasteiger partial charge >= 0.3 is 5.97 Å². The van der Waals surface area contributed by atoms with Crippen LogP contribution in [0.4, 0.5) is 0 Å². The molecule has 3 aromatic carbocycles. The molecule has 0 fully saturated rings. The third-order valence-corrected chi connectivity index (χ3v) is 11.9. The fourth-order valence-corrected chi connectivity index (χ4v) is 9.67. The van der Waals surface area contributed by atoms with E-state index < -0.39 is 14.4 Å². The van der Waals surface area contributed by atoms with E-state index in [1.165, 1.54) is 17.3 Å². The maximum Gasteiger partial charge on any atom is 0.303 e. The van der Waals surface area contributed by atoms with E-state index >= 15 is 0 Å². The Hall–Kier alpha value is -2.99. The molecule has 0 heterocycles. The molecule has 0 spiro atoms. The average molecular weight is 531 g/mol. The number of rotatable bonds is 12. The highest BCUT2D eigenvalue weighted by atomic mass is 28.4. The van der Waals surface area contributed by atoms with E-state index in [4.69, 9.17) is 13.9 Å². The van der Waals surface area contributed by atoms with Gasteiger partial charge in [-0.25, -0.2) is 0 Å². The molecule has 0 saturated carbocycles. The number of carbonyl (C=O) groups is 1. The van der Waals surface area contributed by atoms with Crippen LogP contribution in [0, 0.1) is 5.92 Å². The van der Waals surface area contributed by atoms with Gasteiger partial charge in [0.05, 0.1) is 13.2 Å². The molecular weight excluding hydrogens is 488 g/mol. The van der Waals surface area contributed by atoms with Crippen LogP contribution in [0.5, 0.6) is 0 Å². The quantitative estimate of drug-likeness (QED) is 0.119. The van der Waals surface area contributed by atoms with Gasteiger partial charge in [-0.15, -0.1) is 0 Å². The van der Waals surface area contributed by atoms with Gasteiger partial charge < -0.3 is 13.9 Å². The lowest BCUT2D eigenvalue weighted by Gasteiger charge is -2.44. The molecule has 202 valence electrons. The van der Waals surface area contributed by atoms with Crippen molar-refractivity contribution in [3.8, 4) is 0 Å². The van der Waals surface area contributed by atoms with Crippen molar-refractivity contribution >= 4 is 24.7 Å². The average Bonchev–Trinajstić information content (AvgIpc) is 2.91. The van der Waals surface area contributed by atoms with Crippen molar-refractivity contribution in [1.29, 1.82) is 0 Å². The first kappa shape index (κ1) is 29.6. The van der Waals surface area contributed by atoms with Gasteiger partial charge in [-0.2, -0.15) is 0 Å². The van der Waals surface area contributed by atoms with Crippen LogP contribution in [-0.2, 0) is 25.3 Å². The van der Waals surface area contributed by atoms with Gasteiger partial charge in [0.1, 0.15) is 6.10 Å². The molecule has 0 saturated heterocycles. The predicted molar refractivity (Wildman–Crippen MR) is 158 cm³/mol. The maximum absolute atomic E-state index is 12.1. The summed E-state index contributed by atoms with van der Waals surface area (Å²) in [5.74, 6) is -0.351. The Kier molecular flexibility index (Phi) is 10.7. The molecule has 5 heteroatoms. The molecule has 3 rings (SSSR count). The van der Waals surface area contributed by atoms with E-state index in [9.17, 15) is 4.79 Å². The summed E-state index contributed by atoms with van der Waals surface area (Å²) in [6.45, 7) is 13.8. The van der Waals surface area contributed by atoms with Crippen molar-refractivity contribution in [3.05, 3.63) is 108 Å². The second-order valence-corrected chi connectivity index (χ2v) is 15.2. The van der Waals surface area contributed by atoms with Crippen LogP contribution < -0.4 is 10.4 Å². The van der Waals surface area contributed by atoms with Crippen molar-refractivity contribution in [3.63, 3.8) is 0 Å². The van der Waals surface area contributed by atoms with Gasteiger partial charge in [-0.05, 0) is 33.5 Å². The summed E-state index contributed by atoms with van der Waals surface area (Å²) in [5, 5.41) is 2.34. The van der Waals surface area contributed by atoms with E-state index in [0.29, 0.717) is 19.8 Å². The monoisotopic (exact) mass is 530 g/mol. The van der Waals surface area contributed by atoms with Crippen LogP contribution in [0.3, 0.4) is 0 Å². The van der Waals surface area contributed by atoms with E-state index in [0.717, 1.165) is 11.1 Å². The van der Waals surface area contributed by atoms with Gasteiger partial charge in [0.25, 0.3) is 8.32 Å². The van der Waals surface area contributed by atoms with Gasteiger partial charge in [-0.1, -0.05) is 125 Å². The Morgan fingerprint density at radius 3 is 1.82 bits per heavy atom. The zero-order chi connectivity index (χ0) is 27.6. The third kappa shape index (κ3) is 7.53. The van der Waals surface area contributed by atoms with E-state index in [2.05, 4.69) is 76.2 Å². The lowest BCUT2D eigenvalue weighted by molar-refractivity contribution is -0.147. The van der Waals surface area contributed by atoms with Crippen LogP contribution in [0.2, 0.25) is 5.04 Å². The summed E-state index contributed by atoms with van der Waals surface area (Å²) in [7, 11) is -2.69. The molecule has 4 nitrogen and oxygen atoms in total. The lowest BCUT2D eigenvalue weighted by atomic mass is 9.98. The first-order valence-electron chi connectivity index (χ1n) is 13.4. The van der Waals surface area contributed by atoms with Crippen LogP contribution in [0.15, 0.2) is 103 Å².